The Labute approximate surface area is 83.3 Å². The molecule has 0 fully saturated rings. The third-order valence-corrected chi connectivity index (χ3v) is 1.96. The summed E-state index contributed by atoms with van der Waals surface area (Å²) >= 11 is 0. The van der Waals surface area contributed by atoms with E-state index < -0.39 is 5.97 Å². The maximum absolute atomic E-state index is 10.6. The molecule has 0 heterocycles. The van der Waals surface area contributed by atoms with Crippen LogP contribution >= 0.6 is 0 Å². The van der Waals surface area contributed by atoms with Crippen LogP contribution in [-0.4, -0.2) is 24.7 Å². The molecule has 1 N–H and O–H groups in total. The summed E-state index contributed by atoms with van der Waals surface area (Å²) in [6.45, 7) is 4.38. The molecule has 3 heteroatoms. The summed E-state index contributed by atoms with van der Waals surface area (Å²) in [5.41, 5.74) is 1.29. The van der Waals surface area contributed by atoms with E-state index in [1.807, 2.05) is 11.9 Å². The van der Waals surface area contributed by atoms with Gasteiger partial charge in [0.2, 0.25) is 0 Å². The van der Waals surface area contributed by atoms with Crippen LogP contribution in [0.1, 0.15) is 10.4 Å². The lowest BCUT2D eigenvalue weighted by molar-refractivity contribution is 0.0697. The highest BCUT2D eigenvalue weighted by Crippen LogP contribution is 2.13. The maximum Gasteiger partial charge on any atom is 0.335 e. The Morgan fingerprint density at radius 3 is 2.50 bits per heavy atom. The number of hydrogen-bond donors (Lipinski definition) is 1. The monoisotopic (exact) mass is 191 g/mol. The molecule has 0 bridgehead atoms. The van der Waals surface area contributed by atoms with Crippen molar-refractivity contribution >= 4 is 11.7 Å². The molecular weight excluding hydrogens is 178 g/mol. The number of nitrogens with zero attached hydrogens (tertiary/aromatic N) is 1. The highest BCUT2D eigenvalue weighted by atomic mass is 16.4. The normalized spacial score (nSPS) is 9.50. The molecule has 0 radical (unpaired) electrons. The summed E-state index contributed by atoms with van der Waals surface area (Å²) in [6.07, 6.45) is 1.80. The number of likely N-dealkylation sites (N-methyl/N-ethyl adjacent to an activating group) is 1. The molecule has 14 heavy (non-hydrogen) atoms. The van der Waals surface area contributed by atoms with Crippen molar-refractivity contribution in [1.29, 1.82) is 0 Å². The van der Waals surface area contributed by atoms with Crippen LogP contribution in [0.3, 0.4) is 0 Å². The molecule has 0 spiro atoms. The SMILES string of the molecule is C=CCN(C)c1ccc(C(=O)O)cc1. The minimum absolute atomic E-state index is 0.306. The summed E-state index contributed by atoms with van der Waals surface area (Å²) in [7, 11) is 1.93. The van der Waals surface area contributed by atoms with Crippen LogP contribution in [0.4, 0.5) is 5.69 Å². The van der Waals surface area contributed by atoms with Gasteiger partial charge in [-0.3, -0.25) is 0 Å². The number of aromatic carboxylic acids is 1. The summed E-state index contributed by atoms with van der Waals surface area (Å²) in [6, 6.07) is 6.76. The van der Waals surface area contributed by atoms with E-state index in [9.17, 15) is 4.79 Å². The van der Waals surface area contributed by atoms with Gasteiger partial charge < -0.3 is 10.0 Å². The van der Waals surface area contributed by atoms with Crippen LogP contribution in [0.25, 0.3) is 0 Å². The Balaban J connectivity index is 2.82. The Bertz CT molecular complexity index is 330. The number of carboxylic acids is 1. The van der Waals surface area contributed by atoms with Crippen molar-refractivity contribution in [3.05, 3.63) is 42.5 Å². The fraction of sp³-hybridized carbons (Fsp3) is 0.182. The second-order valence-corrected chi connectivity index (χ2v) is 3.02. The quantitative estimate of drug-likeness (QED) is 0.740. The molecule has 0 amide bonds. The van der Waals surface area contributed by atoms with Crippen LogP contribution < -0.4 is 4.90 Å². The van der Waals surface area contributed by atoms with Gasteiger partial charge in [0.1, 0.15) is 0 Å². The van der Waals surface area contributed by atoms with Gasteiger partial charge in [-0.2, -0.15) is 0 Å². The third-order valence-electron chi connectivity index (χ3n) is 1.96. The minimum atomic E-state index is -0.900. The van der Waals surface area contributed by atoms with Gasteiger partial charge >= 0.3 is 5.97 Å². The van der Waals surface area contributed by atoms with Gasteiger partial charge in [-0.15, -0.1) is 6.58 Å². The minimum Gasteiger partial charge on any atom is -0.478 e. The summed E-state index contributed by atoms with van der Waals surface area (Å²) < 4.78 is 0. The van der Waals surface area contributed by atoms with Crippen LogP contribution in [0.5, 0.6) is 0 Å². The number of carbonyl (C=O) groups is 1. The van der Waals surface area contributed by atoms with Crippen molar-refractivity contribution in [2.75, 3.05) is 18.5 Å². The van der Waals surface area contributed by atoms with E-state index in [4.69, 9.17) is 5.11 Å². The lowest BCUT2D eigenvalue weighted by Gasteiger charge is -2.16. The molecule has 0 aromatic heterocycles. The van der Waals surface area contributed by atoms with Crippen molar-refractivity contribution < 1.29 is 9.90 Å². The smallest absolute Gasteiger partial charge is 0.335 e. The van der Waals surface area contributed by atoms with Crippen molar-refractivity contribution in [3.63, 3.8) is 0 Å². The highest BCUT2D eigenvalue weighted by Gasteiger charge is 2.03. The summed E-state index contributed by atoms with van der Waals surface area (Å²) in [5.74, 6) is -0.900. The van der Waals surface area contributed by atoms with Gasteiger partial charge in [0.05, 0.1) is 5.56 Å². The Morgan fingerprint density at radius 1 is 1.50 bits per heavy atom. The van der Waals surface area contributed by atoms with Crippen molar-refractivity contribution in [2.45, 2.75) is 0 Å². The van der Waals surface area contributed by atoms with Crippen molar-refractivity contribution in [1.82, 2.24) is 0 Å². The lowest BCUT2D eigenvalue weighted by atomic mass is 10.2. The van der Waals surface area contributed by atoms with Crippen LogP contribution in [-0.2, 0) is 0 Å². The van der Waals surface area contributed by atoms with E-state index in [0.29, 0.717) is 5.56 Å². The second kappa shape index (κ2) is 4.46. The molecular formula is C11H13NO2. The molecule has 1 aromatic rings. The molecule has 3 nitrogen and oxygen atoms in total. The van der Waals surface area contributed by atoms with Crippen molar-refractivity contribution in [3.8, 4) is 0 Å². The van der Waals surface area contributed by atoms with E-state index in [2.05, 4.69) is 6.58 Å². The Kier molecular flexibility index (Phi) is 3.29. The van der Waals surface area contributed by atoms with Crippen molar-refractivity contribution in [2.24, 2.45) is 0 Å². The first kappa shape index (κ1) is 10.3. The fourth-order valence-corrected chi connectivity index (χ4v) is 1.16. The molecule has 1 rings (SSSR count). The Morgan fingerprint density at radius 2 is 2.07 bits per heavy atom. The van der Waals surface area contributed by atoms with Crippen LogP contribution in [0.15, 0.2) is 36.9 Å². The van der Waals surface area contributed by atoms with Gasteiger partial charge in [-0.25, -0.2) is 4.79 Å². The lowest BCUT2D eigenvalue weighted by Crippen LogP contribution is -2.16. The van der Waals surface area contributed by atoms with Gasteiger partial charge in [0.15, 0.2) is 0 Å². The molecule has 0 aliphatic carbocycles. The summed E-state index contributed by atoms with van der Waals surface area (Å²) in [5, 5.41) is 8.69. The molecule has 0 unspecified atom stereocenters. The van der Waals surface area contributed by atoms with Gasteiger partial charge in [-0.05, 0) is 24.3 Å². The molecule has 74 valence electrons. The summed E-state index contributed by atoms with van der Waals surface area (Å²) in [4.78, 5) is 12.6. The third kappa shape index (κ3) is 2.36. The topological polar surface area (TPSA) is 40.5 Å². The average molecular weight is 191 g/mol. The molecule has 1 aromatic carbocycles. The fourth-order valence-electron chi connectivity index (χ4n) is 1.16. The number of rotatable bonds is 4. The molecule has 0 aliphatic heterocycles. The van der Waals surface area contributed by atoms with E-state index in [0.717, 1.165) is 12.2 Å². The number of carboxylic acid groups (broad SMARTS) is 1. The molecule has 0 saturated heterocycles. The number of anilines is 1. The maximum atomic E-state index is 10.6. The first-order chi connectivity index (χ1) is 6.65. The molecule has 0 aliphatic rings. The first-order valence-electron chi connectivity index (χ1n) is 4.30. The zero-order chi connectivity index (χ0) is 10.6. The largest absolute Gasteiger partial charge is 0.478 e. The van der Waals surface area contributed by atoms with Crippen LogP contribution in [0.2, 0.25) is 0 Å². The predicted octanol–water partition coefficient (Wildman–Crippen LogP) is 2.01. The highest BCUT2D eigenvalue weighted by molar-refractivity contribution is 5.88. The van der Waals surface area contributed by atoms with Gasteiger partial charge in [-0.1, -0.05) is 6.08 Å². The zero-order valence-electron chi connectivity index (χ0n) is 8.10. The van der Waals surface area contributed by atoms with Gasteiger partial charge in [0.25, 0.3) is 0 Å². The standard InChI is InChI=1S/C11H13NO2/c1-3-8-12(2)10-6-4-9(5-7-10)11(13)14/h3-7H,1,8H2,2H3,(H,13,14). The molecule has 0 atom stereocenters. The first-order valence-corrected chi connectivity index (χ1v) is 4.30. The Hall–Kier alpha value is -1.77. The van der Waals surface area contributed by atoms with E-state index >= 15 is 0 Å². The predicted molar refractivity (Wildman–Crippen MR) is 56.9 cm³/mol. The number of hydrogen-bond acceptors (Lipinski definition) is 2. The zero-order valence-corrected chi connectivity index (χ0v) is 8.10. The van der Waals surface area contributed by atoms with Gasteiger partial charge in [0, 0.05) is 19.3 Å². The second-order valence-electron chi connectivity index (χ2n) is 3.02. The number of benzene rings is 1. The van der Waals surface area contributed by atoms with E-state index in [-0.39, 0.29) is 0 Å². The molecule has 0 saturated carbocycles. The van der Waals surface area contributed by atoms with Crippen LogP contribution in [0, 0.1) is 0 Å². The van der Waals surface area contributed by atoms with E-state index in [1.165, 1.54) is 0 Å². The van der Waals surface area contributed by atoms with E-state index in [1.54, 1.807) is 30.3 Å². The average Bonchev–Trinajstić information content (AvgIpc) is 2.18.